The Kier molecular flexibility index (Phi) is 6.71. The Morgan fingerprint density at radius 3 is 2.56 bits per heavy atom. The van der Waals surface area contributed by atoms with Crippen LogP contribution in [0.1, 0.15) is 13.3 Å². The minimum absolute atomic E-state index is 0.0281. The molecule has 1 fully saturated rings. The summed E-state index contributed by atoms with van der Waals surface area (Å²) in [5.74, 6) is -0.0128. The van der Waals surface area contributed by atoms with Crippen molar-refractivity contribution in [3.63, 3.8) is 0 Å². The van der Waals surface area contributed by atoms with Gasteiger partial charge in [0.05, 0.1) is 24.4 Å². The Morgan fingerprint density at radius 1 is 1.32 bits per heavy atom. The van der Waals surface area contributed by atoms with Crippen molar-refractivity contribution >= 4 is 39.2 Å². The topological polar surface area (TPSA) is 98.8 Å². The van der Waals surface area contributed by atoms with Crippen molar-refractivity contribution in [2.45, 2.75) is 24.7 Å². The van der Waals surface area contributed by atoms with Gasteiger partial charge in [-0.3, -0.25) is 9.59 Å². The number of anilines is 1. The molecule has 1 saturated heterocycles. The van der Waals surface area contributed by atoms with E-state index >= 15 is 0 Å². The van der Waals surface area contributed by atoms with E-state index in [0.29, 0.717) is 17.9 Å². The number of benzene rings is 1. The van der Waals surface area contributed by atoms with Gasteiger partial charge in [-0.25, -0.2) is 8.42 Å². The van der Waals surface area contributed by atoms with Crippen molar-refractivity contribution in [3.05, 3.63) is 24.3 Å². The van der Waals surface area contributed by atoms with Crippen LogP contribution in [-0.4, -0.2) is 56.0 Å². The molecule has 0 radical (unpaired) electrons. The molecule has 138 valence electrons. The molecule has 2 atom stereocenters. The van der Waals surface area contributed by atoms with Gasteiger partial charge < -0.3 is 14.8 Å². The van der Waals surface area contributed by atoms with Gasteiger partial charge in [0.25, 0.3) is 5.91 Å². The molecule has 25 heavy (non-hydrogen) atoms. The van der Waals surface area contributed by atoms with E-state index in [1.165, 1.54) is 18.7 Å². The lowest BCUT2D eigenvalue weighted by Gasteiger charge is -2.14. The average molecular weight is 387 g/mol. The number of esters is 1. The third-order valence-electron chi connectivity index (χ3n) is 3.66. The van der Waals surface area contributed by atoms with Crippen molar-refractivity contribution in [2.75, 3.05) is 29.7 Å². The second-order valence-corrected chi connectivity index (χ2v) is 9.20. The zero-order chi connectivity index (χ0) is 18.4. The minimum atomic E-state index is -2.97. The van der Waals surface area contributed by atoms with Gasteiger partial charge in [-0.05, 0) is 37.6 Å². The summed E-state index contributed by atoms with van der Waals surface area (Å²) in [6.45, 7) is 1.49. The molecule has 0 aliphatic carbocycles. The van der Waals surface area contributed by atoms with Crippen LogP contribution < -0.4 is 10.1 Å². The molecule has 1 aromatic rings. The minimum Gasteiger partial charge on any atom is -0.497 e. The van der Waals surface area contributed by atoms with E-state index in [4.69, 9.17) is 9.47 Å². The first-order valence-electron chi connectivity index (χ1n) is 7.75. The predicted molar refractivity (Wildman–Crippen MR) is 96.7 cm³/mol. The maximum Gasteiger partial charge on any atom is 0.316 e. The Morgan fingerprint density at radius 2 is 2.00 bits per heavy atom. The summed E-state index contributed by atoms with van der Waals surface area (Å²) in [7, 11) is -1.42. The first kappa shape index (κ1) is 19.6. The van der Waals surface area contributed by atoms with E-state index in [2.05, 4.69) is 5.32 Å². The van der Waals surface area contributed by atoms with Crippen LogP contribution in [0.4, 0.5) is 5.69 Å². The lowest BCUT2D eigenvalue weighted by Crippen LogP contribution is -2.30. The van der Waals surface area contributed by atoms with Gasteiger partial charge in [0.1, 0.15) is 5.75 Å². The molecule has 0 bridgehead atoms. The third-order valence-corrected chi connectivity index (χ3v) is 6.92. The standard InChI is InChI=1S/C16H21NO6S2/c1-11(16(19)17-12-3-5-13(22-2)6-4-12)23-15(18)9-24-14-7-8-25(20,21)10-14/h3-6,11,14H,7-10H2,1-2H3,(H,17,19)/t11-,14-/m0/s1. The molecule has 1 heterocycles. The molecule has 9 heteroatoms. The van der Waals surface area contributed by atoms with Gasteiger partial charge >= 0.3 is 5.97 Å². The highest BCUT2D eigenvalue weighted by atomic mass is 32.2. The van der Waals surface area contributed by atoms with Gasteiger partial charge in [-0.1, -0.05) is 0 Å². The molecular formula is C16H21NO6S2. The SMILES string of the molecule is COc1ccc(NC(=O)[C@H](C)OC(=O)CS[C@H]2CCS(=O)(=O)C2)cc1. The number of methoxy groups -OCH3 is 1. The molecule has 0 saturated carbocycles. The first-order chi connectivity index (χ1) is 11.8. The predicted octanol–water partition coefficient (Wildman–Crippen LogP) is 1.49. The molecule has 0 unspecified atom stereocenters. The quantitative estimate of drug-likeness (QED) is 0.708. The van der Waals surface area contributed by atoms with Crippen LogP contribution in [0.3, 0.4) is 0 Å². The molecule has 0 aromatic heterocycles. The number of rotatable bonds is 7. The third kappa shape index (κ3) is 6.24. The van der Waals surface area contributed by atoms with Crippen LogP contribution in [0.5, 0.6) is 5.75 Å². The highest BCUT2D eigenvalue weighted by Gasteiger charge is 2.29. The van der Waals surface area contributed by atoms with E-state index in [1.54, 1.807) is 31.4 Å². The number of hydrogen-bond acceptors (Lipinski definition) is 7. The van der Waals surface area contributed by atoms with Crippen LogP contribution in [0.2, 0.25) is 0 Å². The van der Waals surface area contributed by atoms with E-state index in [-0.39, 0.29) is 22.5 Å². The van der Waals surface area contributed by atoms with Crippen molar-refractivity contribution < 1.29 is 27.5 Å². The van der Waals surface area contributed by atoms with Crippen LogP contribution in [0.15, 0.2) is 24.3 Å². The molecule has 1 aromatic carbocycles. The number of thioether (sulfide) groups is 1. The fourth-order valence-electron chi connectivity index (χ4n) is 2.28. The number of sulfone groups is 1. The van der Waals surface area contributed by atoms with Gasteiger partial charge in [-0.2, -0.15) is 0 Å². The number of nitrogens with one attached hydrogen (secondary N) is 1. The summed E-state index contributed by atoms with van der Waals surface area (Å²) in [6, 6.07) is 6.78. The summed E-state index contributed by atoms with van der Waals surface area (Å²) in [5, 5.41) is 2.57. The molecule has 2 rings (SSSR count). The largest absolute Gasteiger partial charge is 0.497 e. The summed E-state index contributed by atoms with van der Waals surface area (Å²) in [6.07, 6.45) is -0.393. The van der Waals surface area contributed by atoms with Gasteiger partial charge in [0.2, 0.25) is 0 Å². The van der Waals surface area contributed by atoms with E-state index in [0.717, 1.165) is 0 Å². The molecular weight excluding hydrogens is 366 g/mol. The van der Waals surface area contributed by atoms with E-state index in [1.807, 2.05) is 0 Å². The highest BCUT2D eigenvalue weighted by molar-refractivity contribution is 8.02. The lowest BCUT2D eigenvalue weighted by atomic mass is 10.3. The second-order valence-electron chi connectivity index (χ2n) is 5.69. The summed E-state index contributed by atoms with van der Waals surface area (Å²) < 4.78 is 32.9. The molecule has 1 N–H and O–H groups in total. The molecule has 7 nitrogen and oxygen atoms in total. The van der Waals surface area contributed by atoms with Crippen LogP contribution in [0, 0.1) is 0 Å². The van der Waals surface area contributed by atoms with Gasteiger partial charge in [-0.15, -0.1) is 11.8 Å². The van der Waals surface area contributed by atoms with Crippen molar-refractivity contribution in [3.8, 4) is 5.75 Å². The smallest absolute Gasteiger partial charge is 0.316 e. The van der Waals surface area contributed by atoms with Crippen LogP contribution >= 0.6 is 11.8 Å². The second kappa shape index (κ2) is 8.57. The number of hydrogen-bond donors (Lipinski definition) is 1. The molecule has 0 spiro atoms. The lowest BCUT2D eigenvalue weighted by molar-refractivity contribution is -0.150. The Bertz CT molecular complexity index is 717. The fraction of sp³-hybridized carbons (Fsp3) is 0.500. The van der Waals surface area contributed by atoms with Crippen molar-refractivity contribution in [1.29, 1.82) is 0 Å². The Hall–Kier alpha value is -1.74. The fourth-order valence-corrected chi connectivity index (χ4v) is 5.71. The molecule has 1 aliphatic heterocycles. The summed E-state index contributed by atoms with van der Waals surface area (Å²) in [4.78, 5) is 23.9. The average Bonchev–Trinajstić information content (AvgIpc) is 2.92. The highest BCUT2D eigenvalue weighted by Crippen LogP contribution is 2.24. The number of amides is 1. The number of carbonyl (C=O) groups is 2. The van der Waals surface area contributed by atoms with Crippen LogP contribution in [0.25, 0.3) is 0 Å². The van der Waals surface area contributed by atoms with Crippen molar-refractivity contribution in [2.24, 2.45) is 0 Å². The normalized spacial score (nSPS) is 19.8. The van der Waals surface area contributed by atoms with Gasteiger partial charge in [0, 0.05) is 10.9 Å². The zero-order valence-electron chi connectivity index (χ0n) is 14.1. The number of carbonyl (C=O) groups excluding carboxylic acids is 2. The van der Waals surface area contributed by atoms with Crippen LogP contribution in [-0.2, 0) is 24.2 Å². The zero-order valence-corrected chi connectivity index (χ0v) is 15.7. The maximum atomic E-state index is 12.0. The number of ether oxygens (including phenoxy) is 2. The monoisotopic (exact) mass is 387 g/mol. The Labute approximate surface area is 151 Å². The Balaban J connectivity index is 1.74. The van der Waals surface area contributed by atoms with E-state index < -0.39 is 27.8 Å². The summed E-state index contributed by atoms with van der Waals surface area (Å²) >= 11 is 1.26. The molecule has 1 aliphatic rings. The maximum absolute atomic E-state index is 12.0. The molecule has 1 amide bonds. The first-order valence-corrected chi connectivity index (χ1v) is 10.6. The van der Waals surface area contributed by atoms with E-state index in [9.17, 15) is 18.0 Å². The van der Waals surface area contributed by atoms with Gasteiger partial charge in [0.15, 0.2) is 15.9 Å². The summed E-state index contributed by atoms with van der Waals surface area (Å²) in [5.41, 5.74) is 0.569. The van der Waals surface area contributed by atoms with Crippen molar-refractivity contribution in [1.82, 2.24) is 0 Å².